The molecule has 1 aliphatic carbocycles. The fourth-order valence-electron chi connectivity index (χ4n) is 2.28. The average molecular weight is 220 g/mol. The smallest absolute Gasteiger partial charge is 0.131 e. The third-order valence-corrected chi connectivity index (χ3v) is 3.13. The number of carbonyl (C=O) groups is 1. The van der Waals surface area contributed by atoms with E-state index in [0.717, 1.165) is 17.4 Å². The summed E-state index contributed by atoms with van der Waals surface area (Å²) >= 11 is 0. The van der Waals surface area contributed by atoms with Crippen LogP contribution in [0.5, 0.6) is 0 Å². The van der Waals surface area contributed by atoms with E-state index >= 15 is 0 Å². The molecular formula is C16H12O. The SMILES string of the molecule is O=CC1C(c2ccccc2)=C1c1ccccc1. The van der Waals surface area contributed by atoms with Crippen molar-refractivity contribution in [3.63, 3.8) is 0 Å². The van der Waals surface area contributed by atoms with Crippen LogP contribution in [-0.2, 0) is 4.79 Å². The summed E-state index contributed by atoms with van der Waals surface area (Å²) in [4.78, 5) is 11.1. The van der Waals surface area contributed by atoms with E-state index in [1.54, 1.807) is 0 Å². The van der Waals surface area contributed by atoms with Gasteiger partial charge in [0.25, 0.3) is 0 Å². The van der Waals surface area contributed by atoms with Crippen LogP contribution in [0, 0.1) is 5.92 Å². The second-order valence-electron chi connectivity index (χ2n) is 4.17. The molecule has 0 radical (unpaired) electrons. The number of aldehydes is 1. The Morgan fingerprint density at radius 3 is 1.47 bits per heavy atom. The Balaban J connectivity index is 2.04. The molecule has 0 aliphatic heterocycles. The van der Waals surface area contributed by atoms with Gasteiger partial charge in [-0.1, -0.05) is 60.7 Å². The minimum atomic E-state index is -0.0141. The van der Waals surface area contributed by atoms with Gasteiger partial charge in [0.15, 0.2) is 0 Å². The van der Waals surface area contributed by atoms with Crippen LogP contribution in [-0.4, -0.2) is 6.29 Å². The number of rotatable bonds is 3. The fourth-order valence-corrected chi connectivity index (χ4v) is 2.28. The van der Waals surface area contributed by atoms with Crippen molar-refractivity contribution < 1.29 is 4.79 Å². The van der Waals surface area contributed by atoms with E-state index in [4.69, 9.17) is 0 Å². The highest BCUT2D eigenvalue weighted by Crippen LogP contribution is 2.51. The molecule has 0 saturated carbocycles. The molecule has 0 heterocycles. The first-order chi connectivity index (χ1) is 8.42. The first-order valence-corrected chi connectivity index (χ1v) is 5.72. The molecule has 0 amide bonds. The van der Waals surface area contributed by atoms with Crippen molar-refractivity contribution in [2.45, 2.75) is 0 Å². The Labute approximate surface area is 100 Å². The Morgan fingerprint density at radius 1 is 0.706 bits per heavy atom. The molecule has 0 saturated heterocycles. The minimum Gasteiger partial charge on any atom is -0.302 e. The highest BCUT2D eigenvalue weighted by Gasteiger charge is 2.37. The van der Waals surface area contributed by atoms with Gasteiger partial charge < -0.3 is 4.79 Å². The lowest BCUT2D eigenvalue weighted by atomic mass is 10.1. The van der Waals surface area contributed by atoms with Crippen LogP contribution >= 0.6 is 0 Å². The van der Waals surface area contributed by atoms with Crippen molar-refractivity contribution in [1.82, 2.24) is 0 Å². The average Bonchev–Trinajstić information content (AvgIpc) is 3.15. The molecule has 3 rings (SSSR count). The standard InChI is InChI=1S/C16H12O/c17-11-14-15(12-7-3-1-4-8-12)16(14)13-9-5-2-6-10-13/h1-11,14H. The Morgan fingerprint density at radius 2 is 1.12 bits per heavy atom. The summed E-state index contributed by atoms with van der Waals surface area (Å²) in [6.45, 7) is 0. The largest absolute Gasteiger partial charge is 0.302 e. The highest BCUT2D eigenvalue weighted by atomic mass is 16.1. The molecule has 82 valence electrons. The molecule has 0 fully saturated rings. The predicted molar refractivity (Wildman–Crippen MR) is 69.3 cm³/mol. The molecule has 1 aliphatic rings. The van der Waals surface area contributed by atoms with Crippen molar-refractivity contribution in [3.05, 3.63) is 71.8 Å². The number of hydrogen-bond donors (Lipinski definition) is 0. The molecule has 1 heteroatoms. The van der Waals surface area contributed by atoms with Gasteiger partial charge >= 0.3 is 0 Å². The van der Waals surface area contributed by atoms with Gasteiger partial charge in [0.05, 0.1) is 5.92 Å². The number of hydrogen-bond acceptors (Lipinski definition) is 1. The van der Waals surface area contributed by atoms with Crippen LogP contribution in [0.1, 0.15) is 11.1 Å². The highest BCUT2D eigenvalue weighted by molar-refractivity contribution is 6.19. The number of benzene rings is 2. The maximum absolute atomic E-state index is 11.1. The summed E-state index contributed by atoms with van der Waals surface area (Å²) in [5.74, 6) is -0.0141. The van der Waals surface area contributed by atoms with Crippen LogP contribution in [0.2, 0.25) is 0 Å². The van der Waals surface area contributed by atoms with Crippen LogP contribution in [0.25, 0.3) is 11.1 Å². The van der Waals surface area contributed by atoms with Gasteiger partial charge in [-0.25, -0.2) is 0 Å². The summed E-state index contributed by atoms with van der Waals surface area (Å²) in [6.07, 6.45) is 1.03. The summed E-state index contributed by atoms with van der Waals surface area (Å²) in [5, 5.41) is 0. The van der Waals surface area contributed by atoms with Crippen molar-refractivity contribution in [2.75, 3.05) is 0 Å². The quantitative estimate of drug-likeness (QED) is 0.724. The zero-order valence-electron chi connectivity index (χ0n) is 9.34. The Kier molecular flexibility index (Phi) is 2.37. The molecule has 2 aromatic rings. The zero-order valence-corrected chi connectivity index (χ0v) is 9.34. The van der Waals surface area contributed by atoms with Gasteiger partial charge in [0.1, 0.15) is 6.29 Å². The number of carbonyl (C=O) groups excluding carboxylic acids is 1. The van der Waals surface area contributed by atoms with Crippen molar-refractivity contribution in [2.24, 2.45) is 5.92 Å². The summed E-state index contributed by atoms with van der Waals surface area (Å²) in [5.41, 5.74) is 4.66. The van der Waals surface area contributed by atoms with Gasteiger partial charge in [-0.15, -0.1) is 0 Å². The predicted octanol–water partition coefficient (Wildman–Crippen LogP) is 3.43. The van der Waals surface area contributed by atoms with Crippen molar-refractivity contribution >= 4 is 17.4 Å². The Bertz CT molecular complexity index is 517. The third-order valence-electron chi connectivity index (χ3n) is 3.13. The second-order valence-corrected chi connectivity index (χ2v) is 4.17. The van der Waals surface area contributed by atoms with E-state index in [-0.39, 0.29) is 5.92 Å². The van der Waals surface area contributed by atoms with Gasteiger partial charge in [-0.3, -0.25) is 0 Å². The van der Waals surface area contributed by atoms with E-state index in [2.05, 4.69) is 24.3 Å². The lowest BCUT2D eigenvalue weighted by Gasteiger charge is -1.91. The van der Waals surface area contributed by atoms with Crippen LogP contribution in [0.15, 0.2) is 60.7 Å². The molecule has 0 atom stereocenters. The molecule has 17 heavy (non-hydrogen) atoms. The first-order valence-electron chi connectivity index (χ1n) is 5.72. The first kappa shape index (κ1) is 10.0. The lowest BCUT2D eigenvalue weighted by Crippen LogP contribution is -1.84. The summed E-state index contributed by atoms with van der Waals surface area (Å²) < 4.78 is 0. The molecule has 0 bridgehead atoms. The third kappa shape index (κ3) is 1.70. The maximum atomic E-state index is 11.1. The molecule has 0 N–H and O–H groups in total. The van der Waals surface area contributed by atoms with E-state index in [1.807, 2.05) is 36.4 Å². The maximum Gasteiger partial charge on any atom is 0.131 e. The zero-order chi connectivity index (χ0) is 11.7. The molecule has 0 unspecified atom stereocenters. The monoisotopic (exact) mass is 220 g/mol. The summed E-state index contributed by atoms with van der Waals surface area (Å²) in [7, 11) is 0. The van der Waals surface area contributed by atoms with Crippen LogP contribution in [0.3, 0.4) is 0 Å². The summed E-state index contributed by atoms with van der Waals surface area (Å²) in [6, 6.07) is 20.2. The van der Waals surface area contributed by atoms with E-state index in [9.17, 15) is 4.79 Å². The second kappa shape index (κ2) is 4.02. The van der Waals surface area contributed by atoms with Gasteiger partial charge in [0.2, 0.25) is 0 Å². The fraction of sp³-hybridized carbons (Fsp3) is 0.0625. The molecule has 0 aromatic heterocycles. The molecule has 0 spiro atoms. The topological polar surface area (TPSA) is 17.1 Å². The van der Waals surface area contributed by atoms with Gasteiger partial charge in [-0.2, -0.15) is 0 Å². The minimum absolute atomic E-state index is 0.0141. The molecule has 2 aromatic carbocycles. The number of allylic oxidation sites excluding steroid dienone is 2. The normalized spacial score (nSPS) is 14.8. The van der Waals surface area contributed by atoms with Gasteiger partial charge in [-0.05, 0) is 22.3 Å². The Hall–Kier alpha value is -2.15. The van der Waals surface area contributed by atoms with E-state index in [0.29, 0.717) is 0 Å². The lowest BCUT2D eigenvalue weighted by molar-refractivity contribution is -0.108. The van der Waals surface area contributed by atoms with E-state index < -0.39 is 0 Å². The van der Waals surface area contributed by atoms with Crippen LogP contribution < -0.4 is 0 Å². The van der Waals surface area contributed by atoms with Gasteiger partial charge in [0, 0.05) is 0 Å². The van der Waals surface area contributed by atoms with Crippen LogP contribution in [0.4, 0.5) is 0 Å². The van der Waals surface area contributed by atoms with Crippen molar-refractivity contribution in [3.8, 4) is 0 Å². The molecular weight excluding hydrogens is 208 g/mol. The van der Waals surface area contributed by atoms with Crippen molar-refractivity contribution in [1.29, 1.82) is 0 Å². The van der Waals surface area contributed by atoms with E-state index in [1.165, 1.54) is 11.1 Å². The molecule has 1 nitrogen and oxygen atoms in total.